The van der Waals surface area contributed by atoms with E-state index >= 15 is 0 Å². The second kappa shape index (κ2) is 61.8. The van der Waals surface area contributed by atoms with E-state index in [9.17, 15) is 0 Å². The third kappa shape index (κ3) is 214. The van der Waals surface area contributed by atoms with Crippen LogP contribution in [0.15, 0.2) is 25.3 Å². The van der Waals surface area contributed by atoms with Crippen molar-refractivity contribution < 1.29 is 30.3 Å². The topological polar surface area (TPSA) is 0 Å². The zero-order valence-corrected chi connectivity index (χ0v) is 16.8. The second-order valence-electron chi connectivity index (χ2n) is 1.70. The van der Waals surface area contributed by atoms with Gasteiger partial charge in [0.25, 0.3) is 0 Å². The molecule has 0 fully saturated rings. The Kier molecular flexibility index (Phi) is 110. The quantitative estimate of drug-likeness (QED) is 0.295. The van der Waals surface area contributed by atoms with Gasteiger partial charge in [0.2, 0.25) is 0 Å². The summed E-state index contributed by atoms with van der Waals surface area (Å²) >= 11 is -0.451. The monoisotopic (exact) mass is 510 g/mol. The van der Waals surface area contributed by atoms with E-state index < -0.39 is 0 Å². The van der Waals surface area contributed by atoms with Crippen molar-refractivity contribution in [3.8, 4) is 0 Å². The van der Waals surface area contributed by atoms with Crippen LogP contribution in [-0.2, 0) is 30.3 Å². The Hall–Kier alpha value is 1.89. The average Bonchev–Trinajstić information content (AvgIpc) is 2.40. The number of unbranched alkanes of at least 4 members (excludes halogenated alkanes) is 2. The van der Waals surface area contributed by atoms with Crippen LogP contribution in [-0.4, -0.2) is 0 Å². The Labute approximate surface area is 146 Å². The van der Waals surface area contributed by atoms with Crippen LogP contribution >= 0.6 is 38.8 Å². The Balaban J connectivity index is -0.0000000394. The van der Waals surface area contributed by atoms with Crippen molar-refractivity contribution in [3.63, 3.8) is 0 Å². The summed E-state index contributed by atoms with van der Waals surface area (Å²) in [6.07, 6.45) is 10.6. The molecule has 0 nitrogen and oxygen atoms in total. The van der Waals surface area contributed by atoms with Crippen LogP contribution in [0, 0.1) is 39.5 Å². The standard InChI is InChI=1S/2C4H7.C4H6.4ClH.2Rh/c3*1-3-4-2;;;;;;/h2*3-4H,1H2,2H3;3-4H,1-2H2;4*1H;;/q;;;;;;;2*+3/p-4. The van der Waals surface area contributed by atoms with E-state index in [1.54, 1.807) is 25.0 Å². The number of hydrogen-bond acceptors (Lipinski definition) is 0. The third-order valence-corrected chi connectivity index (χ3v) is 0.638. The molecule has 0 heterocycles. The van der Waals surface area contributed by atoms with Crippen LogP contribution in [0.2, 0.25) is 0 Å². The summed E-state index contributed by atoms with van der Waals surface area (Å²) in [5.74, 6) is 0. The van der Waals surface area contributed by atoms with Crippen molar-refractivity contribution in [1.82, 2.24) is 0 Å². The molecule has 0 aromatic carbocycles. The van der Waals surface area contributed by atoms with Crippen LogP contribution in [0.1, 0.15) is 13.8 Å². The molecular formula is C12H20Cl4Rh2+2. The first-order chi connectivity index (χ1) is 8.57. The second-order valence-corrected chi connectivity index (χ2v) is 6.68. The van der Waals surface area contributed by atoms with E-state index in [2.05, 4.69) is 27.0 Å². The number of allylic oxidation sites excluding steroid dienone is 2. The van der Waals surface area contributed by atoms with E-state index in [1.165, 1.54) is 0 Å². The van der Waals surface area contributed by atoms with Gasteiger partial charge in [-0.2, -0.15) is 0 Å². The molecule has 6 heteroatoms. The zero-order valence-electron chi connectivity index (χ0n) is 10.5. The van der Waals surface area contributed by atoms with Crippen LogP contribution in [0.25, 0.3) is 0 Å². The van der Waals surface area contributed by atoms with E-state index in [4.69, 9.17) is 38.8 Å². The van der Waals surface area contributed by atoms with Crippen LogP contribution in [0.3, 0.4) is 0 Å². The molecule has 0 saturated heterocycles. The fraction of sp³-hybridized carbons (Fsp3) is 0.167. The molecule has 0 aromatic heterocycles. The summed E-state index contributed by atoms with van der Waals surface area (Å²) in [7, 11) is 19.3. The van der Waals surface area contributed by atoms with Crippen molar-refractivity contribution in [1.29, 1.82) is 0 Å². The number of rotatable bonds is 3. The van der Waals surface area contributed by atoms with Gasteiger partial charge >= 0.3 is 69.1 Å². The molecule has 0 unspecified atom stereocenters. The summed E-state index contributed by atoms with van der Waals surface area (Å²) in [4.78, 5) is 0. The van der Waals surface area contributed by atoms with Gasteiger partial charge in [-0.3, -0.25) is 0 Å². The third-order valence-electron chi connectivity index (χ3n) is 0.638. The first-order valence-electron chi connectivity index (χ1n) is 4.29. The van der Waals surface area contributed by atoms with Gasteiger partial charge in [0.05, 0.1) is 0 Å². The van der Waals surface area contributed by atoms with E-state index in [-0.39, 0.29) is 30.3 Å². The Morgan fingerprint density at radius 2 is 0.833 bits per heavy atom. The molecule has 0 aliphatic rings. The normalized spacial score (nSPS) is 6.89. The Bertz CT molecular complexity index is 88.1. The van der Waals surface area contributed by atoms with Gasteiger partial charge < -0.3 is 0 Å². The molecule has 0 saturated carbocycles. The van der Waals surface area contributed by atoms with E-state index in [1.807, 2.05) is 26.7 Å². The SMILES string of the molecule is C=CC=C.[CH2][CH][CH]C.[CH2][CH][CH]C.[Cl][Rh+][Cl].[Cl][Rh+][Cl]. The van der Waals surface area contributed by atoms with Crippen LogP contribution in [0.5, 0.6) is 0 Å². The molecule has 0 spiro atoms. The van der Waals surface area contributed by atoms with Crippen molar-refractivity contribution in [3.05, 3.63) is 64.8 Å². The first kappa shape index (κ1) is 32.0. The van der Waals surface area contributed by atoms with Crippen molar-refractivity contribution in [2.45, 2.75) is 13.8 Å². The van der Waals surface area contributed by atoms with Gasteiger partial charge in [0, 0.05) is 0 Å². The predicted octanol–water partition coefficient (Wildman–Crippen LogP) is 6.61. The maximum atomic E-state index is 4.83. The molecule has 0 atom stereocenters. The first-order valence-corrected chi connectivity index (χ1v) is 12.7. The van der Waals surface area contributed by atoms with Gasteiger partial charge in [-0.05, 0) is 39.5 Å². The minimum atomic E-state index is -0.226. The molecule has 112 valence electrons. The molecule has 0 aliphatic heterocycles. The molecule has 0 aromatic rings. The number of hydrogen-bond donors (Lipinski definition) is 0. The Morgan fingerprint density at radius 1 is 0.722 bits per heavy atom. The fourth-order valence-corrected chi connectivity index (χ4v) is 0. The fourth-order valence-electron chi connectivity index (χ4n) is 0. The molecule has 0 N–H and O–H groups in total. The van der Waals surface area contributed by atoms with Crippen molar-refractivity contribution >= 4 is 38.8 Å². The molecular weight excluding hydrogens is 492 g/mol. The molecule has 18 heavy (non-hydrogen) atoms. The minimum absolute atomic E-state index is 0.226. The summed E-state index contributed by atoms with van der Waals surface area (Å²) in [6, 6.07) is 0. The molecule has 6 radical (unpaired) electrons. The summed E-state index contributed by atoms with van der Waals surface area (Å²) in [5.41, 5.74) is 0. The van der Waals surface area contributed by atoms with Gasteiger partial charge in [-0.25, -0.2) is 0 Å². The van der Waals surface area contributed by atoms with E-state index in [0.717, 1.165) is 0 Å². The molecule has 0 rings (SSSR count). The summed E-state index contributed by atoms with van der Waals surface area (Å²) in [6.45, 7) is 17.4. The van der Waals surface area contributed by atoms with Gasteiger partial charge in [-0.15, -0.1) is 0 Å². The number of halogens is 4. The van der Waals surface area contributed by atoms with Crippen molar-refractivity contribution in [2.24, 2.45) is 0 Å². The summed E-state index contributed by atoms with van der Waals surface area (Å²) in [5, 5.41) is 0. The summed E-state index contributed by atoms with van der Waals surface area (Å²) < 4.78 is 0. The molecule has 0 amide bonds. The average molecular weight is 512 g/mol. The van der Waals surface area contributed by atoms with Gasteiger partial charge in [-0.1, -0.05) is 39.2 Å². The molecule has 0 aliphatic carbocycles. The van der Waals surface area contributed by atoms with Gasteiger partial charge in [0.1, 0.15) is 0 Å². The van der Waals surface area contributed by atoms with Gasteiger partial charge in [0.15, 0.2) is 0 Å². The van der Waals surface area contributed by atoms with Crippen molar-refractivity contribution in [2.75, 3.05) is 0 Å². The predicted molar refractivity (Wildman–Crippen MR) is 83.1 cm³/mol. The van der Waals surface area contributed by atoms with Crippen LogP contribution < -0.4 is 0 Å². The maximum absolute atomic E-state index is 4.83. The Morgan fingerprint density at radius 3 is 0.833 bits per heavy atom. The van der Waals surface area contributed by atoms with Crippen LogP contribution in [0.4, 0.5) is 0 Å². The zero-order chi connectivity index (χ0) is 15.7. The van der Waals surface area contributed by atoms with E-state index in [0.29, 0.717) is 0 Å². The molecule has 0 bridgehead atoms.